The van der Waals surface area contributed by atoms with Crippen LogP contribution in [0.5, 0.6) is 5.75 Å². The van der Waals surface area contributed by atoms with Crippen molar-refractivity contribution in [3.8, 4) is 11.4 Å². The van der Waals surface area contributed by atoms with Gasteiger partial charge in [-0.1, -0.05) is 17.7 Å². The van der Waals surface area contributed by atoms with Gasteiger partial charge in [-0.3, -0.25) is 15.0 Å². The van der Waals surface area contributed by atoms with Gasteiger partial charge in [0.1, 0.15) is 0 Å². The van der Waals surface area contributed by atoms with Gasteiger partial charge in [-0.05, 0) is 26.1 Å². The number of ether oxygens (including phenoxy) is 1. The maximum absolute atomic E-state index is 12.7. The minimum atomic E-state index is -0.396. The molecule has 1 aliphatic heterocycles. The summed E-state index contributed by atoms with van der Waals surface area (Å²) < 4.78 is 6.41. The number of nitrogens with one attached hydrogen (secondary N) is 1. The van der Waals surface area contributed by atoms with Crippen molar-refractivity contribution in [3.63, 3.8) is 0 Å². The van der Waals surface area contributed by atoms with E-state index in [0.29, 0.717) is 5.69 Å². The summed E-state index contributed by atoms with van der Waals surface area (Å²) in [7, 11) is 3.46. The first kappa shape index (κ1) is 18.1. The molecule has 1 N–H and O–H groups in total. The zero-order valence-electron chi connectivity index (χ0n) is 15.2. The van der Waals surface area contributed by atoms with Gasteiger partial charge in [0.2, 0.25) is 0 Å². The molecule has 0 unspecified atom stereocenters. The van der Waals surface area contributed by atoms with E-state index >= 15 is 0 Å². The third-order valence-corrected chi connectivity index (χ3v) is 4.37. The lowest BCUT2D eigenvalue weighted by Crippen LogP contribution is -2.52. The number of likely N-dealkylation sites (N-methyl/N-ethyl adjacent to an activating group) is 1. The monoisotopic (exact) mass is 357 g/mol. The van der Waals surface area contributed by atoms with E-state index in [4.69, 9.17) is 4.74 Å². The molecule has 26 heavy (non-hydrogen) atoms. The molecular formula is C18H23N5O3. The quantitative estimate of drug-likeness (QED) is 0.856. The number of nitrogens with zero attached hydrogens (tertiary/aromatic N) is 4. The van der Waals surface area contributed by atoms with Gasteiger partial charge in [-0.15, -0.1) is 0 Å². The first-order valence-corrected chi connectivity index (χ1v) is 8.48. The number of hydrazine groups is 1. The number of carbonyl (C=O) groups is 1. The van der Waals surface area contributed by atoms with Gasteiger partial charge in [0.25, 0.3) is 11.5 Å². The molecule has 3 rings (SSSR count). The van der Waals surface area contributed by atoms with Gasteiger partial charge in [0, 0.05) is 26.2 Å². The molecule has 1 aliphatic rings. The Balaban J connectivity index is 1.90. The Morgan fingerprint density at radius 3 is 2.42 bits per heavy atom. The van der Waals surface area contributed by atoms with Crippen LogP contribution in [0.4, 0.5) is 0 Å². The maximum atomic E-state index is 12.7. The summed E-state index contributed by atoms with van der Waals surface area (Å²) >= 11 is 0. The fourth-order valence-electron chi connectivity index (χ4n) is 2.74. The Hall–Kier alpha value is -2.71. The van der Waals surface area contributed by atoms with Crippen LogP contribution in [0, 0.1) is 6.92 Å². The molecule has 0 saturated carbocycles. The minimum Gasteiger partial charge on any atom is -0.494 e. The number of aryl methyl sites for hydroxylation is 1. The molecule has 2 heterocycles. The first-order chi connectivity index (χ1) is 12.5. The average molecular weight is 357 g/mol. The van der Waals surface area contributed by atoms with E-state index in [1.807, 2.05) is 31.1 Å². The van der Waals surface area contributed by atoms with Gasteiger partial charge in [0.05, 0.1) is 18.9 Å². The molecule has 0 spiro atoms. The average Bonchev–Trinajstić information content (AvgIpc) is 2.64. The third-order valence-electron chi connectivity index (χ3n) is 4.37. The smallest absolute Gasteiger partial charge is 0.289 e. The highest BCUT2D eigenvalue weighted by Crippen LogP contribution is 2.15. The number of benzene rings is 1. The van der Waals surface area contributed by atoms with Gasteiger partial charge in [-0.2, -0.15) is 9.78 Å². The Morgan fingerprint density at radius 2 is 1.81 bits per heavy atom. The molecule has 1 fully saturated rings. The Labute approximate surface area is 151 Å². The number of methoxy groups -OCH3 is 1. The summed E-state index contributed by atoms with van der Waals surface area (Å²) in [5.74, 6) is -0.239. The topological polar surface area (TPSA) is 79.7 Å². The number of amides is 1. The maximum Gasteiger partial charge on any atom is 0.289 e. The summed E-state index contributed by atoms with van der Waals surface area (Å²) in [5, 5.41) is 6.11. The highest BCUT2D eigenvalue weighted by atomic mass is 16.5. The molecule has 8 heteroatoms. The molecular weight excluding hydrogens is 334 g/mol. The normalized spacial score (nSPS) is 15.7. The zero-order valence-corrected chi connectivity index (χ0v) is 15.2. The molecule has 0 radical (unpaired) electrons. The Morgan fingerprint density at radius 1 is 1.15 bits per heavy atom. The van der Waals surface area contributed by atoms with Crippen molar-refractivity contribution < 1.29 is 9.53 Å². The van der Waals surface area contributed by atoms with Crippen LogP contribution in [0.3, 0.4) is 0 Å². The fraction of sp³-hybridized carbons (Fsp3) is 0.389. The predicted octanol–water partition coefficient (Wildman–Crippen LogP) is 0.442. The van der Waals surface area contributed by atoms with Crippen LogP contribution in [-0.4, -0.2) is 65.9 Å². The lowest BCUT2D eigenvalue weighted by atomic mass is 10.2. The van der Waals surface area contributed by atoms with Crippen LogP contribution >= 0.6 is 0 Å². The second-order valence-electron chi connectivity index (χ2n) is 6.38. The highest BCUT2D eigenvalue weighted by Gasteiger charge is 2.22. The van der Waals surface area contributed by atoms with Crippen LogP contribution in [0.2, 0.25) is 0 Å². The lowest BCUT2D eigenvalue weighted by Gasteiger charge is -2.32. The predicted molar refractivity (Wildman–Crippen MR) is 97.7 cm³/mol. The summed E-state index contributed by atoms with van der Waals surface area (Å²) in [6, 6.07) is 8.64. The van der Waals surface area contributed by atoms with Crippen molar-refractivity contribution in [1.29, 1.82) is 0 Å². The second kappa shape index (κ2) is 7.67. The van der Waals surface area contributed by atoms with Crippen LogP contribution in [-0.2, 0) is 0 Å². The fourth-order valence-corrected chi connectivity index (χ4v) is 2.74. The Bertz CT molecular complexity index is 839. The van der Waals surface area contributed by atoms with Gasteiger partial charge >= 0.3 is 0 Å². The lowest BCUT2D eigenvalue weighted by molar-refractivity contribution is 0.0653. The molecule has 0 atom stereocenters. The molecule has 1 amide bonds. The molecule has 2 aromatic rings. The minimum absolute atomic E-state index is 0.0756. The van der Waals surface area contributed by atoms with Gasteiger partial charge < -0.3 is 9.64 Å². The van der Waals surface area contributed by atoms with E-state index in [0.717, 1.165) is 31.7 Å². The van der Waals surface area contributed by atoms with Gasteiger partial charge in [-0.25, -0.2) is 5.01 Å². The van der Waals surface area contributed by atoms with Gasteiger partial charge in [0.15, 0.2) is 11.4 Å². The van der Waals surface area contributed by atoms with Crippen LogP contribution in [0.1, 0.15) is 16.1 Å². The summed E-state index contributed by atoms with van der Waals surface area (Å²) in [6.07, 6.45) is 0. The number of carbonyl (C=O) groups excluding carboxylic acids is 1. The summed E-state index contributed by atoms with van der Waals surface area (Å²) in [6.45, 7) is 5.15. The Kier molecular flexibility index (Phi) is 5.34. The van der Waals surface area contributed by atoms with E-state index in [9.17, 15) is 9.59 Å². The molecule has 8 nitrogen and oxygen atoms in total. The SMILES string of the molecule is COc1cc(=O)n(-c2ccc(C)cc2)nc1C(=O)NN1CCN(C)CC1. The molecule has 1 saturated heterocycles. The largest absolute Gasteiger partial charge is 0.494 e. The first-order valence-electron chi connectivity index (χ1n) is 8.48. The standard InChI is InChI=1S/C18H23N5O3/c1-13-4-6-14(7-5-13)23-16(24)12-15(26-3)17(19-23)18(25)20-22-10-8-21(2)9-11-22/h4-7,12H,8-11H2,1-3H3,(H,20,25). The van der Waals surface area contributed by atoms with Crippen LogP contribution in [0.25, 0.3) is 5.69 Å². The highest BCUT2D eigenvalue weighted by molar-refractivity contribution is 5.94. The molecule has 138 valence electrons. The summed E-state index contributed by atoms with van der Waals surface area (Å²) in [4.78, 5) is 27.3. The van der Waals surface area contributed by atoms with E-state index in [1.165, 1.54) is 17.9 Å². The number of hydrogen-bond acceptors (Lipinski definition) is 6. The van der Waals surface area contributed by atoms with Crippen molar-refractivity contribution in [2.45, 2.75) is 6.92 Å². The van der Waals surface area contributed by atoms with E-state index < -0.39 is 5.91 Å². The van der Waals surface area contributed by atoms with E-state index in [2.05, 4.69) is 15.4 Å². The van der Waals surface area contributed by atoms with Crippen molar-refractivity contribution in [2.24, 2.45) is 0 Å². The van der Waals surface area contributed by atoms with Crippen molar-refractivity contribution in [1.82, 2.24) is 25.1 Å². The number of hydrogen-bond donors (Lipinski definition) is 1. The number of piperazine rings is 1. The van der Waals surface area contributed by atoms with Crippen LogP contribution in [0.15, 0.2) is 35.1 Å². The number of rotatable bonds is 4. The van der Waals surface area contributed by atoms with Crippen molar-refractivity contribution in [3.05, 3.63) is 51.9 Å². The van der Waals surface area contributed by atoms with Crippen molar-refractivity contribution in [2.75, 3.05) is 40.3 Å². The zero-order chi connectivity index (χ0) is 18.7. The molecule has 0 bridgehead atoms. The third kappa shape index (κ3) is 3.92. The van der Waals surface area contributed by atoms with Crippen LogP contribution < -0.4 is 15.7 Å². The number of aromatic nitrogens is 2. The molecule has 0 aliphatic carbocycles. The van der Waals surface area contributed by atoms with E-state index in [1.54, 1.807) is 12.1 Å². The second-order valence-corrected chi connectivity index (χ2v) is 6.38. The van der Waals surface area contributed by atoms with E-state index in [-0.39, 0.29) is 17.0 Å². The molecule has 1 aromatic heterocycles. The summed E-state index contributed by atoms with van der Waals surface area (Å²) in [5.41, 5.74) is 4.23. The molecule has 1 aromatic carbocycles. The van der Waals surface area contributed by atoms with Crippen molar-refractivity contribution >= 4 is 5.91 Å².